The van der Waals surface area contributed by atoms with E-state index in [0.717, 1.165) is 0 Å². The number of carboxylic acids is 1. The van der Waals surface area contributed by atoms with E-state index in [1.54, 1.807) is 23.8 Å². The second kappa shape index (κ2) is 6.79. The Kier molecular flexibility index (Phi) is 5.62. The smallest absolute Gasteiger partial charge is 0.326 e. The van der Waals surface area contributed by atoms with Crippen LogP contribution < -0.4 is 5.32 Å². The maximum Gasteiger partial charge on any atom is 0.326 e. The lowest BCUT2D eigenvalue weighted by Gasteiger charge is -2.21. The number of amides is 1. The van der Waals surface area contributed by atoms with Gasteiger partial charge in [-0.15, -0.1) is 0 Å². The van der Waals surface area contributed by atoms with Gasteiger partial charge in [0.15, 0.2) is 0 Å². The van der Waals surface area contributed by atoms with Gasteiger partial charge in [-0.3, -0.25) is 4.79 Å². The van der Waals surface area contributed by atoms with E-state index in [9.17, 15) is 14.7 Å². The maximum atomic E-state index is 12.3. The number of halogens is 1. The highest BCUT2D eigenvalue weighted by molar-refractivity contribution is 6.31. The summed E-state index contributed by atoms with van der Waals surface area (Å²) >= 11 is 5.93. The first-order valence-corrected chi connectivity index (χ1v) is 7.06. The summed E-state index contributed by atoms with van der Waals surface area (Å²) in [6, 6.07) is 0.712. The van der Waals surface area contributed by atoms with Gasteiger partial charge in [-0.25, -0.2) is 4.79 Å². The predicted octanol–water partition coefficient (Wildman–Crippen LogP) is 2.95. The molecular weight excluding hydrogens is 280 g/mol. The second-order valence-electron chi connectivity index (χ2n) is 5.22. The number of nitrogens with zero attached hydrogens (tertiary/aromatic N) is 1. The van der Waals surface area contributed by atoms with Crippen molar-refractivity contribution in [2.75, 3.05) is 0 Å². The number of aromatic nitrogens is 1. The van der Waals surface area contributed by atoms with E-state index in [1.165, 1.54) is 0 Å². The van der Waals surface area contributed by atoms with Gasteiger partial charge in [0.1, 0.15) is 11.7 Å². The normalized spacial score (nSPS) is 14.1. The summed E-state index contributed by atoms with van der Waals surface area (Å²) in [5.74, 6) is -1.59. The van der Waals surface area contributed by atoms with Crippen molar-refractivity contribution < 1.29 is 14.7 Å². The molecule has 0 aliphatic heterocycles. The fourth-order valence-electron chi connectivity index (χ4n) is 1.95. The fourth-order valence-corrected chi connectivity index (χ4v) is 2.16. The van der Waals surface area contributed by atoms with Gasteiger partial charge in [-0.05, 0) is 25.8 Å². The van der Waals surface area contributed by atoms with Crippen molar-refractivity contribution in [1.82, 2.24) is 9.88 Å². The topological polar surface area (TPSA) is 71.3 Å². The standard InChI is InChI=1S/C14H21ClN2O3/c1-5-9(4)12(14(19)20)16-13(18)11-6-10(15)7-17(11)8(2)3/h6-9,12H,5H2,1-4H3,(H,16,18)(H,19,20). The van der Waals surface area contributed by atoms with Crippen LogP contribution in [-0.2, 0) is 4.79 Å². The highest BCUT2D eigenvalue weighted by Gasteiger charge is 2.27. The van der Waals surface area contributed by atoms with Gasteiger partial charge < -0.3 is 15.0 Å². The Balaban J connectivity index is 2.98. The van der Waals surface area contributed by atoms with Gasteiger partial charge in [0, 0.05) is 12.2 Å². The van der Waals surface area contributed by atoms with Crippen LogP contribution in [0.5, 0.6) is 0 Å². The molecule has 1 aromatic rings. The van der Waals surface area contributed by atoms with Crippen molar-refractivity contribution in [3.8, 4) is 0 Å². The zero-order valence-electron chi connectivity index (χ0n) is 12.2. The number of aliphatic carboxylic acids is 1. The number of rotatable bonds is 6. The molecule has 20 heavy (non-hydrogen) atoms. The molecule has 112 valence electrons. The molecule has 6 heteroatoms. The molecule has 0 saturated carbocycles. The monoisotopic (exact) mass is 300 g/mol. The van der Waals surface area contributed by atoms with Crippen LogP contribution in [-0.4, -0.2) is 27.6 Å². The quantitative estimate of drug-likeness (QED) is 0.848. The van der Waals surface area contributed by atoms with E-state index in [2.05, 4.69) is 5.32 Å². The lowest BCUT2D eigenvalue weighted by Crippen LogP contribution is -2.45. The molecule has 0 fully saturated rings. The molecule has 1 aromatic heterocycles. The predicted molar refractivity (Wildman–Crippen MR) is 78.2 cm³/mol. The lowest BCUT2D eigenvalue weighted by atomic mass is 9.99. The summed E-state index contributed by atoms with van der Waals surface area (Å²) in [4.78, 5) is 23.5. The summed E-state index contributed by atoms with van der Waals surface area (Å²) in [7, 11) is 0. The molecule has 0 aliphatic rings. The van der Waals surface area contributed by atoms with E-state index in [4.69, 9.17) is 11.6 Å². The minimum atomic E-state index is -1.03. The van der Waals surface area contributed by atoms with Crippen molar-refractivity contribution in [2.45, 2.75) is 46.2 Å². The van der Waals surface area contributed by atoms with Crippen LogP contribution in [0.1, 0.15) is 50.6 Å². The van der Waals surface area contributed by atoms with Crippen molar-refractivity contribution in [2.24, 2.45) is 5.92 Å². The van der Waals surface area contributed by atoms with Crippen molar-refractivity contribution in [3.05, 3.63) is 23.0 Å². The third kappa shape index (κ3) is 3.76. The largest absolute Gasteiger partial charge is 0.480 e. The Morgan fingerprint density at radius 3 is 2.45 bits per heavy atom. The van der Waals surface area contributed by atoms with Gasteiger partial charge in [-0.1, -0.05) is 31.9 Å². The Morgan fingerprint density at radius 1 is 1.40 bits per heavy atom. The first kappa shape index (κ1) is 16.6. The van der Waals surface area contributed by atoms with Gasteiger partial charge in [0.05, 0.1) is 5.02 Å². The molecule has 2 atom stereocenters. The molecule has 0 radical (unpaired) electrons. The molecule has 0 aromatic carbocycles. The molecular formula is C14H21ClN2O3. The molecule has 5 nitrogen and oxygen atoms in total. The van der Waals surface area contributed by atoms with E-state index < -0.39 is 17.9 Å². The minimum absolute atomic E-state index is 0.0649. The Labute approximate surface area is 123 Å². The van der Waals surface area contributed by atoms with Crippen LogP contribution in [0.4, 0.5) is 0 Å². The third-order valence-electron chi connectivity index (χ3n) is 3.37. The van der Waals surface area contributed by atoms with Crippen LogP contribution in [0.15, 0.2) is 12.3 Å². The maximum absolute atomic E-state index is 12.3. The second-order valence-corrected chi connectivity index (χ2v) is 5.66. The van der Waals surface area contributed by atoms with Gasteiger partial charge >= 0.3 is 5.97 Å². The van der Waals surface area contributed by atoms with Crippen LogP contribution >= 0.6 is 11.6 Å². The van der Waals surface area contributed by atoms with E-state index in [0.29, 0.717) is 17.1 Å². The van der Waals surface area contributed by atoms with Crippen LogP contribution in [0.2, 0.25) is 5.02 Å². The van der Waals surface area contributed by atoms with Crippen molar-refractivity contribution in [1.29, 1.82) is 0 Å². The lowest BCUT2D eigenvalue weighted by molar-refractivity contribution is -0.140. The highest BCUT2D eigenvalue weighted by atomic mass is 35.5. The number of hydrogen-bond acceptors (Lipinski definition) is 2. The SMILES string of the molecule is CCC(C)C(NC(=O)c1cc(Cl)cn1C(C)C)C(=O)O. The van der Waals surface area contributed by atoms with E-state index >= 15 is 0 Å². The first-order chi connectivity index (χ1) is 9.27. The molecule has 1 heterocycles. The Morgan fingerprint density at radius 2 is 2.00 bits per heavy atom. The summed E-state index contributed by atoms with van der Waals surface area (Å²) < 4.78 is 1.73. The Bertz CT molecular complexity index is 497. The fraction of sp³-hybridized carbons (Fsp3) is 0.571. The third-order valence-corrected chi connectivity index (χ3v) is 3.58. The molecule has 2 unspecified atom stereocenters. The Hall–Kier alpha value is -1.49. The summed E-state index contributed by atoms with van der Waals surface area (Å²) in [6.45, 7) is 7.54. The number of nitrogens with one attached hydrogen (secondary N) is 1. The van der Waals surface area contributed by atoms with Gasteiger partial charge in [-0.2, -0.15) is 0 Å². The summed E-state index contributed by atoms with van der Waals surface area (Å²) in [5, 5.41) is 12.2. The zero-order chi connectivity index (χ0) is 15.4. The highest BCUT2D eigenvalue weighted by Crippen LogP contribution is 2.19. The average molecular weight is 301 g/mol. The van der Waals surface area contributed by atoms with Crippen molar-refractivity contribution in [3.63, 3.8) is 0 Å². The van der Waals surface area contributed by atoms with Crippen LogP contribution in [0, 0.1) is 5.92 Å². The molecule has 2 N–H and O–H groups in total. The zero-order valence-corrected chi connectivity index (χ0v) is 12.9. The summed E-state index contributed by atoms with van der Waals surface area (Å²) in [5.41, 5.74) is 0.375. The van der Waals surface area contributed by atoms with E-state index in [1.807, 2.05) is 20.8 Å². The molecule has 0 spiro atoms. The minimum Gasteiger partial charge on any atom is -0.480 e. The van der Waals surface area contributed by atoms with Crippen LogP contribution in [0.25, 0.3) is 0 Å². The van der Waals surface area contributed by atoms with Gasteiger partial charge in [0.25, 0.3) is 5.91 Å². The molecule has 1 amide bonds. The molecule has 0 bridgehead atoms. The summed E-state index contributed by atoms with van der Waals surface area (Å²) in [6.07, 6.45) is 2.34. The first-order valence-electron chi connectivity index (χ1n) is 6.68. The number of carbonyl (C=O) groups excluding carboxylic acids is 1. The molecule has 0 aliphatic carbocycles. The van der Waals surface area contributed by atoms with Crippen molar-refractivity contribution >= 4 is 23.5 Å². The molecule has 1 rings (SSSR count). The number of carbonyl (C=O) groups is 2. The molecule has 0 saturated heterocycles. The van der Waals surface area contributed by atoms with E-state index in [-0.39, 0.29) is 12.0 Å². The van der Waals surface area contributed by atoms with Gasteiger partial charge in [0.2, 0.25) is 0 Å². The number of hydrogen-bond donors (Lipinski definition) is 2. The average Bonchev–Trinajstić information content (AvgIpc) is 2.76. The number of carboxylic acid groups (broad SMARTS) is 1. The van der Waals surface area contributed by atoms with Crippen LogP contribution in [0.3, 0.4) is 0 Å².